The van der Waals surface area contributed by atoms with Crippen LogP contribution in [0.2, 0.25) is 0 Å². The number of hydrogen-bond donors (Lipinski definition) is 1. The molecule has 0 saturated carbocycles. The van der Waals surface area contributed by atoms with Gasteiger partial charge in [0.2, 0.25) is 0 Å². The van der Waals surface area contributed by atoms with E-state index in [1.807, 2.05) is 19.9 Å². The third-order valence-corrected chi connectivity index (χ3v) is 5.90. The SMILES string of the molecule is CCCCc1ccc(-n2c(C)cc(/C=C3/C(=O)NC(=O)N(c4ccccc4)C3=O)c2C)cc1. The van der Waals surface area contributed by atoms with Crippen molar-refractivity contribution in [2.75, 3.05) is 4.90 Å². The third-order valence-electron chi connectivity index (χ3n) is 5.90. The molecule has 33 heavy (non-hydrogen) atoms. The van der Waals surface area contributed by atoms with Gasteiger partial charge in [-0.2, -0.15) is 0 Å². The first-order chi connectivity index (χ1) is 15.9. The lowest BCUT2D eigenvalue weighted by atomic mass is 10.1. The van der Waals surface area contributed by atoms with Crippen LogP contribution in [0.3, 0.4) is 0 Å². The fourth-order valence-corrected chi connectivity index (χ4v) is 4.15. The van der Waals surface area contributed by atoms with Crippen LogP contribution in [0.5, 0.6) is 0 Å². The summed E-state index contributed by atoms with van der Waals surface area (Å²) in [5.41, 5.74) is 5.31. The second-order valence-electron chi connectivity index (χ2n) is 8.23. The van der Waals surface area contributed by atoms with E-state index in [-0.39, 0.29) is 5.57 Å². The van der Waals surface area contributed by atoms with Gasteiger partial charge in [0.25, 0.3) is 11.8 Å². The quantitative estimate of drug-likeness (QED) is 0.427. The molecular formula is C27H27N3O3. The molecule has 0 atom stereocenters. The highest BCUT2D eigenvalue weighted by Gasteiger charge is 2.36. The van der Waals surface area contributed by atoms with Crippen molar-refractivity contribution in [3.8, 4) is 5.69 Å². The van der Waals surface area contributed by atoms with E-state index >= 15 is 0 Å². The Balaban J connectivity index is 1.68. The van der Waals surface area contributed by atoms with Crippen molar-refractivity contribution < 1.29 is 14.4 Å². The number of anilines is 1. The smallest absolute Gasteiger partial charge is 0.318 e. The molecule has 0 unspecified atom stereocenters. The van der Waals surface area contributed by atoms with Crippen LogP contribution in [0.1, 0.15) is 42.3 Å². The lowest BCUT2D eigenvalue weighted by Gasteiger charge is -2.26. The number of para-hydroxylation sites is 1. The molecule has 3 aromatic rings. The van der Waals surface area contributed by atoms with Gasteiger partial charge in [-0.25, -0.2) is 9.69 Å². The fraction of sp³-hybridized carbons (Fsp3) is 0.222. The number of rotatable bonds is 6. The molecule has 1 aromatic heterocycles. The van der Waals surface area contributed by atoms with Gasteiger partial charge in [0.1, 0.15) is 5.57 Å². The Morgan fingerprint density at radius 2 is 1.61 bits per heavy atom. The van der Waals surface area contributed by atoms with Crippen molar-refractivity contribution in [1.29, 1.82) is 0 Å². The van der Waals surface area contributed by atoms with Crippen molar-refractivity contribution in [3.05, 3.63) is 88.8 Å². The minimum atomic E-state index is -0.748. The number of aromatic nitrogens is 1. The second kappa shape index (κ2) is 9.28. The Labute approximate surface area is 193 Å². The molecule has 1 N–H and O–H groups in total. The summed E-state index contributed by atoms with van der Waals surface area (Å²) in [6.07, 6.45) is 4.95. The van der Waals surface area contributed by atoms with Crippen molar-refractivity contribution in [2.24, 2.45) is 0 Å². The first kappa shape index (κ1) is 22.3. The molecule has 1 saturated heterocycles. The van der Waals surface area contributed by atoms with Crippen molar-refractivity contribution in [1.82, 2.24) is 9.88 Å². The topological polar surface area (TPSA) is 71.4 Å². The maximum atomic E-state index is 13.1. The van der Waals surface area contributed by atoms with E-state index in [0.29, 0.717) is 5.69 Å². The Bertz CT molecular complexity index is 1240. The number of carbonyl (C=O) groups excluding carboxylic acids is 3. The predicted octanol–water partition coefficient (Wildman–Crippen LogP) is 5.10. The number of nitrogens with zero attached hydrogens (tertiary/aromatic N) is 2. The zero-order chi connectivity index (χ0) is 23.5. The number of barbiturate groups is 1. The zero-order valence-corrected chi connectivity index (χ0v) is 19.1. The summed E-state index contributed by atoms with van der Waals surface area (Å²) < 4.78 is 2.10. The summed E-state index contributed by atoms with van der Waals surface area (Å²) in [6, 6.07) is 18.2. The molecule has 2 aromatic carbocycles. The van der Waals surface area contributed by atoms with Crippen molar-refractivity contribution in [3.63, 3.8) is 0 Å². The summed E-state index contributed by atoms with van der Waals surface area (Å²) in [7, 11) is 0. The second-order valence-corrected chi connectivity index (χ2v) is 8.23. The van der Waals surface area contributed by atoms with Gasteiger partial charge in [0.15, 0.2) is 0 Å². The van der Waals surface area contributed by atoms with Crippen LogP contribution in [0.4, 0.5) is 10.5 Å². The van der Waals surface area contributed by atoms with Crippen LogP contribution < -0.4 is 10.2 Å². The normalized spacial score (nSPS) is 15.3. The minimum Gasteiger partial charge on any atom is -0.318 e. The molecule has 1 aliphatic rings. The Morgan fingerprint density at radius 3 is 2.27 bits per heavy atom. The molecule has 0 spiro atoms. The Kier molecular flexibility index (Phi) is 6.27. The first-order valence-electron chi connectivity index (χ1n) is 11.2. The highest BCUT2D eigenvalue weighted by atomic mass is 16.2. The highest BCUT2D eigenvalue weighted by Crippen LogP contribution is 2.26. The third kappa shape index (κ3) is 4.37. The monoisotopic (exact) mass is 441 g/mol. The standard InChI is InChI=1S/C27H27N3O3/c1-4-5-9-20-12-14-23(15-13-20)29-18(2)16-21(19(29)3)17-24-25(31)28-27(33)30(26(24)32)22-10-7-6-8-11-22/h6-8,10-17H,4-5,9H2,1-3H3,(H,28,31,33)/b24-17-. The summed E-state index contributed by atoms with van der Waals surface area (Å²) in [5, 5.41) is 2.28. The van der Waals surface area contributed by atoms with Crippen LogP contribution in [0.25, 0.3) is 11.8 Å². The summed E-state index contributed by atoms with van der Waals surface area (Å²) >= 11 is 0. The van der Waals surface area contributed by atoms with E-state index in [1.165, 1.54) is 5.56 Å². The summed E-state index contributed by atoms with van der Waals surface area (Å²) in [4.78, 5) is 39.0. The predicted molar refractivity (Wildman–Crippen MR) is 129 cm³/mol. The number of carbonyl (C=O) groups is 3. The number of imide groups is 2. The van der Waals surface area contributed by atoms with Crippen LogP contribution >= 0.6 is 0 Å². The van der Waals surface area contributed by atoms with Crippen LogP contribution in [-0.4, -0.2) is 22.4 Å². The zero-order valence-electron chi connectivity index (χ0n) is 19.1. The van der Waals surface area contributed by atoms with Gasteiger partial charge >= 0.3 is 6.03 Å². The highest BCUT2D eigenvalue weighted by molar-refractivity contribution is 6.39. The van der Waals surface area contributed by atoms with Gasteiger partial charge in [-0.1, -0.05) is 43.7 Å². The first-order valence-corrected chi connectivity index (χ1v) is 11.2. The number of hydrogen-bond acceptors (Lipinski definition) is 3. The molecule has 1 aliphatic heterocycles. The number of aryl methyl sites for hydroxylation is 2. The fourth-order valence-electron chi connectivity index (χ4n) is 4.15. The van der Waals surface area contributed by atoms with Crippen LogP contribution in [0, 0.1) is 13.8 Å². The van der Waals surface area contributed by atoms with Gasteiger partial charge in [-0.05, 0) is 74.2 Å². The van der Waals surface area contributed by atoms with E-state index in [9.17, 15) is 14.4 Å². The molecular weight excluding hydrogens is 414 g/mol. The number of benzene rings is 2. The van der Waals surface area contributed by atoms with E-state index < -0.39 is 17.8 Å². The number of nitrogens with one attached hydrogen (secondary N) is 1. The van der Waals surface area contributed by atoms with Crippen LogP contribution in [0.15, 0.2) is 66.2 Å². The van der Waals surface area contributed by atoms with Gasteiger partial charge in [0, 0.05) is 17.1 Å². The molecule has 168 valence electrons. The van der Waals surface area contributed by atoms with Crippen molar-refractivity contribution in [2.45, 2.75) is 40.0 Å². The van der Waals surface area contributed by atoms with Gasteiger partial charge in [-0.3, -0.25) is 14.9 Å². The van der Waals surface area contributed by atoms with Gasteiger partial charge in [0.05, 0.1) is 5.69 Å². The van der Waals surface area contributed by atoms with E-state index in [0.717, 1.165) is 46.8 Å². The number of urea groups is 1. The van der Waals surface area contributed by atoms with Gasteiger partial charge in [-0.15, -0.1) is 0 Å². The molecule has 0 bridgehead atoms. The largest absolute Gasteiger partial charge is 0.335 e. The molecule has 6 heteroatoms. The van der Waals surface area contributed by atoms with E-state index in [2.05, 4.69) is 41.1 Å². The van der Waals surface area contributed by atoms with E-state index in [1.54, 1.807) is 36.4 Å². The maximum absolute atomic E-state index is 13.1. The lowest BCUT2D eigenvalue weighted by Crippen LogP contribution is -2.54. The molecule has 0 radical (unpaired) electrons. The molecule has 4 rings (SSSR count). The average Bonchev–Trinajstić information content (AvgIpc) is 3.09. The Morgan fingerprint density at radius 1 is 0.909 bits per heavy atom. The molecule has 4 amide bonds. The minimum absolute atomic E-state index is 0.0754. The Hall–Kier alpha value is -3.93. The maximum Gasteiger partial charge on any atom is 0.335 e. The van der Waals surface area contributed by atoms with Gasteiger partial charge < -0.3 is 4.57 Å². The molecule has 1 fully saturated rings. The number of unbranched alkanes of at least 4 members (excludes halogenated alkanes) is 1. The lowest BCUT2D eigenvalue weighted by molar-refractivity contribution is -0.122. The summed E-state index contributed by atoms with van der Waals surface area (Å²) in [5.74, 6) is -1.33. The average molecular weight is 442 g/mol. The number of amides is 4. The molecule has 6 nitrogen and oxygen atoms in total. The van der Waals surface area contributed by atoms with E-state index in [4.69, 9.17) is 0 Å². The van der Waals surface area contributed by atoms with Crippen LogP contribution in [-0.2, 0) is 16.0 Å². The summed E-state index contributed by atoms with van der Waals surface area (Å²) in [6.45, 7) is 6.13. The van der Waals surface area contributed by atoms with Crippen molar-refractivity contribution >= 4 is 29.6 Å². The molecule has 2 heterocycles. The molecule has 0 aliphatic carbocycles.